The van der Waals surface area contributed by atoms with E-state index in [0.717, 1.165) is 0 Å². The summed E-state index contributed by atoms with van der Waals surface area (Å²) in [5, 5.41) is -0.531. The second-order valence-electron chi connectivity index (χ2n) is 1.08. The smallest absolute Gasteiger partial charge is 0.164 e. The Morgan fingerprint density at radius 1 is 1.88 bits per heavy atom. The monoisotopic (exact) mass is 134 g/mol. The van der Waals surface area contributed by atoms with E-state index in [2.05, 4.69) is 4.98 Å². The summed E-state index contributed by atoms with van der Waals surface area (Å²) in [4.78, 5) is 3.18. The Bertz CT molecular complexity index is 278. The number of nitrogens with zero attached hydrogens (tertiary/aromatic N) is 1. The van der Waals surface area contributed by atoms with Gasteiger partial charge >= 0.3 is 0 Å². The molecule has 1 rings (SSSR count). The molecule has 0 spiro atoms. The lowest BCUT2D eigenvalue weighted by atomic mass is 10.5. The predicted octanol–water partition coefficient (Wildman–Crippen LogP) is 1.87. The van der Waals surface area contributed by atoms with Crippen LogP contribution in [0.3, 0.4) is 0 Å². The molecule has 0 aliphatic rings. The fourth-order valence-corrected chi connectivity index (χ4v) is 0.350. The average molecular weight is 135 g/mol. The molecule has 0 saturated heterocycles. The van der Waals surface area contributed by atoms with Crippen LogP contribution in [0, 0.1) is 5.82 Å². The first-order valence-electron chi connectivity index (χ1n) is 3.33. The third kappa shape index (κ3) is 0.954. The number of hydrogen-bond donors (Lipinski definition) is 0. The van der Waals surface area contributed by atoms with Gasteiger partial charge in [-0.1, -0.05) is 11.6 Å². The molecule has 1 heterocycles. The zero-order valence-corrected chi connectivity index (χ0v) is 4.46. The number of hydrogen-bond acceptors (Lipinski definition) is 1. The van der Waals surface area contributed by atoms with Crippen molar-refractivity contribution in [1.29, 1.82) is 0 Å². The molecule has 0 amide bonds. The molecule has 0 atom stereocenters. The molecule has 1 aromatic rings. The van der Waals surface area contributed by atoms with Gasteiger partial charge in [0.15, 0.2) is 11.0 Å². The van der Waals surface area contributed by atoms with Gasteiger partial charge in [-0.15, -0.1) is 0 Å². The Morgan fingerprint density at radius 3 is 3.38 bits per heavy atom. The summed E-state index contributed by atoms with van der Waals surface area (Å²) in [6.07, 6.45) is -0.485. The van der Waals surface area contributed by atoms with E-state index in [-0.39, 0.29) is 0 Å². The molecule has 0 aliphatic carbocycles. The lowest BCUT2D eigenvalue weighted by molar-refractivity contribution is 0.622. The summed E-state index contributed by atoms with van der Waals surface area (Å²) < 4.78 is 33.4. The van der Waals surface area contributed by atoms with Gasteiger partial charge < -0.3 is 0 Å². The lowest BCUT2D eigenvalue weighted by Gasteiger charge is -1.86. The molecule has 0 saturated carbocycles. The van der Waals surface area contributed by atoms with Crippen molar-refractivity contribution in [3.8, 4) is 0 Å². The van der Waals surface area contributed by atoms with Gasteiger partial charge in [-0.25, -0.2) is 9.37 Å². The minimum Gasteiger partial charge on any atom is -0.242 e. The van der Waals surface area contributed by atoms with Gasteiger partial charge in [0.25, 0.3) is 0 Å². The third-order valence-corrected chi connectivity index (χ3v) is 0.814. The first-order chi connectivity index (χ1) is 5.04. The summed E-state index contributed by atoms with van der Waals surface area (Å²) in [5.74, 6) is -1.05. The van der Waals surface area contributed by atoms with E-state index in [1.54, 1.807) is 0 Å². The van der Waals surface area contributed by atoms with Gasteiger partial charge in [0, 0.05) is 6.17 Å². The maximum absolute atomic E-state index is 12.6. The highest BCUT2D eigenvalue weighted by Gasteiger charge is 1.93. The standard InChI is InChI=1S/C5H3ClFN/c6-5-4(7)2-1-3-8-5/h1-3H/i1D,2D,3D. The number of aromatic nitrogens is 1. The minimum absolute atomic E-state index is 0.485. The van der Waals surface area contributed by atoms with Gasteiger partial charge in [0.1, 0.15) is 0 Å². The molecule has 42 valence electrons. The Hall–Kier alpha value is -0.630. The first-order valence-corrected chi connectivity index (χ1v) is 2.20. The summed E-state index contributed by atoms with van der Waals surface area (Å²) in [6.45, 7) is 0. The van der Waals surface area contributed by atoms with E-state index < -0.39 is 29.2 Å². The highest BCUT2D eigenvalue weighted by molar-refractivity contribution is 6.29. The lowest BCUT2D eigenvalue weighted by Crippen LogP contribution is -1.77. The molecule has 1 aromatic heterocycles. The second-order valence-corrected chi connectivity index (χ2v) is 1.44. The van der Waals surface area contributed by atoms with Crippen LogP contribution in [0.25, 0.3) is 0 Å². The average Bonchev–Trinajstić information content (AvgIpc) is 1.97. The fraction of sp³-hybridized carbons (Fsp3) is 0. The normalized spacial score (nSPS) is 14.5. The van der Waals surface area contributed by atoms with Crippen molar-refractivity contribution in [2.45, 2.75) is 0 Å². The Morgan fingerprint density at radius 2 is 2.62 bits per heavy atom. The molecule has 8 heavy (non-hydrogen) atoms. The Kier molecular flexibility index (Phi) is 0.727. The Balaban J connectivity index is 3.46. The zero-order chi connectivity index (χ0) is 8.59. The van der Waals surface area contributed by atoms with E-state index in [4.69, 9.17) is 15.7 Å². The van der Waals surface area contributed by atoms with Gasteiger partial charge in [0.05, 0.1) is 4.11 Å². The van der Waals surface area contributed by atoms with E-state index in [9.17, 15) is 4.39 Å². The van der Waals surface area contributed by atoms with Gasteiger partial charge in [-0.05, 0) is 12.1 Å². The quantitative estimate of drug-likeness (QED) is 0.494. The molecule has 0 fully saturated rings. The molecule has 0 radical (unpaired) electrons. The van der Waals surface area contributed by atoms with E-state index >= 15 is 0 Å². The van der Waals surface area contributed by atoms with Gasteiger partial charge in [-0.2, -0.15) is 0 Å². The number of rotatable bonds is 0. The predicted molar refractivity (Wildman–Crippen MR) is 29.2 cm³/mol. The molecule has 1 nitrogen and oxygen atoms in total. The molecule has 0 unspecified atom stereocenters. The van der Waals surface area contributed by atoms with Crippen molar-refractivity contribution < 1.29 is 8.50 Å². The molecule has 0 N–H and O–H groups in total. The van der Waals surface area contributed by atoms with E-state index in [1.807, 2.05) is 0 Å². The minimum atomic E-state index is -1.05. The van der Waals surface area contributed by atoms with Crippen molar-refractivity contribution in [2.75, 3.05) is 0 Å². The summed E-state index contributed by atoms with van der Waals surface area (Å²) in [6, 6.07) is -1.23. The molecular formula is C5H3ClFN. The van der Waals surface area contributed by atoms with Crippen molar-refractivity contribution in [2.24, 2.45) is 0 Å². The summed E-state index contributed by atoms with van der Waals surface area (Å²) >= 11 is 5.18. The SMILES string of the molecule is [2H]c1nc(Cl)c(F)c([2H])c1[2H]. The number of pyridine rings is 1. The van der Waals surface area contributed by atoms with Crippen LogP contribution in [0.5, 0.6) is 0 Å². The number of halogens is 2. The van der Waals surface area contributed by atoms with Crippen LogP contribution in [0.15, 0.2) is 18.3 Å². The van der Waals surface area contributed by atoms with Crippen LogP contribution >= 0.6 is 11.6 Å². The fourth-order valence-electron chi connectivity index (χ4n) is 0.261. The maximum Gasteiger partial charge on any atom is 0.164 e. The van der Waals surface area contributed by atoms with Crippen LogP contribution in [0.4, 0.5) is 4.39 Å². The second kappa shape index (κ2) is 2.09. The largest absolute Gasteiger partial charge is 0.242 e. The van der Waals surface area contributed by atoms with Crippen LogP contribution in [-0.2, 0) is 0 Å². The van der Waals surface area contributed by atoms with E-state index in [1.165, 1.54) is 0 Å². The van der Waals surface area contributed by atoms with Crippen LogP contribution in [0.1, 0.15) is 4.11 Å². The maximum atomic E-state index is 12.6. The highest BCUT2D eigenvalue weighted by atomic mass is 35.5. The zero-order valence-electron chi connectivity index (χ0n) is 6.70. The summed E-state index contributed by atoms with van der Waals surface area (Å²) in [5.41, 5.74) is 0. The molecule has 0 bridgehead atoms. The molecule has 3 heteroatoms. The summed E-state index contributed by atoms with van der Waals surface area (Å²) in [7, 11) is 0. The van der Waals surface area contributed by atoms with Crippen molar-refractivity contribution >= 4 is 11.6 Å². The van der Waals surface area contributed by atoms with Crippen molar-refractivity contribution in [1.82, 2.24) is 4.98 Å². The topological polar surface area (TPSA) is 12.9 Å². The first kappa shape index (κ1) is 2.78. The van der Waals surface area contributed by atoms with Crippen molar-refractivity contribution in [3.63, 3.8) is 0 Å². The highest BCUT2D eigenvalue weighted by Crippen LogP contribution is 2.07. The molecule has 0 aromatic carbocycles. The van der Waals surface area contributed by atoms with Crippen LogP contribution in [0.2, 0.25) is 5.15 Å². The van der Waals surface area contributed by atoms with E-state index in [0.29, 0.717) is 0 Å². The van der Waals surface area contributed by atoms with Crippen molar-refractivity contribution in [3.05, 3.63) is 29.2 Å². The Labute approximate surface area is 55.3 Å². The molecular weight excluding hydrogens is 129 g/mol. The third-order valence-electron chi connectivity index (χ3n) is 0.563. The van der Waals surface area contributed by atoms with Crippen LogP contribution < -0.4 is 0 Å². The molecule has 0 aliphatic heterocycles. The van der Waals surface area contributed by atoms with Gasteiger partial charge in [-0.3, -0.25) is 0 Å². The van der Waals surface area contributed by atoms with Crippen LogP contribution in [-0.4, -0.2) is 4.98 Å². The van der Waals surface area contributed by atoms with Gasteiger partial charge in [0.2, 0.25) is 0 Å².